The van der Waals surface area contributed by atoms with Gasteiger partial charge in [-0.2, -0.15) is 4.57 Å². The number of anilines is 1. The second kappa shape index (κ2) is 17.6. The molecule has 260 valence electrons. The highest BCUT2D eigenvalue weighted by Crippen LogP contribution is 2.28. The molecule has 0 saturated carbocycles. The molecular formula is C44H58N3O2+. The van der Waals surface area contributed by atoms with Gasteiger partial charge in [0.1, 0.15) is 23.3 Å². The number of phenolic OH excluding ortho intramolecular Hbond substituents is 1. The molecule has 3 aromatic carbocycles. The zero-order valence-electron chi connectivity index (χ0n) is 30.4. The van der Waals surface area contributed by atoms with Crippen LogP contribution in [-0.4, -0.2) is 22.0 Å². The van der Waals surface area contributed by atoms with Gasteiger partial charge in [-0.3, -0.25) is 5.32 Å². The van der Waals surface area contributed by atoms with Gasteiger partial charge >= 0.3 is 11.7 Å². The van der Waals surface area contributed by atoms with Crippen LogP contribution < -0.4 is 9.88 Å². The van der Waals surface area contributed by atoms with Gasteiger partial charge in [-0.1, -0.05) is 147 Å². The van der Waals surface area contributed by atoms with Crippen molar-refractivity contribution in [3.05, 3.63) is 107 Å². The van der Waals surface area contributed by atoms with Gasteiger partial charge in [0.2, 0.25) is 0 Å². The fourth-order valence-corrected chi connectivity index (χ4v) is 6.87. The summed E-state index contributed by atoms with van der Waals surface area (Å²) in [5.74, 6) is 0.998. The molecule has 1 aliphatic rings. The van der Waals surface area contributed by atoms with Crippen molar-refractivity contribution in [3.8, 4) is 17.0 Å². The highest BCUT2D eigenvalue weighted by Gasteiger charge is 2.41. The van der Waals surface area contributed by atoms with Crippen molar-refractivity contribution in [3.63, 3.8) is 0 Å². The Morgan fingerprint density at radius 1 is 0.714 bits per heavy atom. The molecule has 0 spiro atoms. The Hall–Kier alpha value is -3.99. The normalized spacial score (nSPS) is 14.2. The largest absolute Gasteiger partial charge is 0.508 e. The number of aromatic nitrogens is 2. The molecule has 0 radical (unpaired) electrons. The number of carbonyl (C=O) groups is 1. The fraction of sp³-hybridized carbons (Fsp3) is 0.477. The van der Waals surface area contributed by atoms with Crippen LogP contribution in [0.2, 0.25) is 0 Å². The van der Waals surface area contributed by atoms with Crippen LogP contribution in [0.15, 0.2) is 79.0 Å². The van der Waals surface area contributed by atoms with Crippen LogP contribution in [0.4, 0.5) is 5.82 Å². The van der Waals surface area contributed by atoms with Crippen molar-refractivity contribution in [1.29, 1.82) is 0 Å². The third-order valence-electron chi connectivity index (χ3n) is 10.0. The molecule has 0 bridgehead atoms. The lowest BCUT2D eigenvalue weighted by molar-refractivity contribution is -0.552. The van der Waals surface area contributed by atoms with Crippen LogP contribution >= 0.6 is 0 Å². The van der Waals surface area contributed by atoms with Crippen molar-refractivity contribution in [2.45, 2.75) is 135 Å². The molecular weight excluding hydrogens is 603 g/mol. The summed E-state index contributed by atoms with van der Waals surface area (Å²) < 4.78 is 1.75. The quantitative estimate of drug-likeness (QED) is 0.0823. The van der Waals surface area contributed by atoms with Crippen LogP contribution in [0, 0.1) is 0 Å². The Morgan fingerprint density at radius 3 is 1.86 bits per heavy atom. The average Bonchev–Trinajstić information content (AvgIpc) is 3.40. The Balaban J connectivity index is 1.17. The SMILES string of the molecule is CCCCCCCCCCCCCCc1ccc(CC2Nc3c(Cc4ccc(C(C)(C)C)cc4)nc(-c4ccc(O)cc4)c[n+]3C2=O)cc1. The zero-order chi connectivity index (χ0) is 34.6. The lowest BCUT2D eigenvalue weighted by atomic mass is 9.86. The van der Waals surface area contributed by atoms with Gasteiger partial charge in [-0.05, 0) is 64.8 Å². The number of rotatable bonds is 18. The molecule has 5 nitrogen and oxygen atoms in total. The predicted octanol–water partition coefficient (Wildman–Crippen LogP) is 10.6. The summed E-state index contributed by atoms with van der Waals surface area (Å²) in [6, 6.07) is 24.2. The second-order valence-corrected chi connectivity index (χ2v) is 15.2. The van der Waals surface area contributed by atoms with E-state index in [1.807, 2.05) is 18.3 Å². The van der Waals surface area contributed by atoms with Crippen LogP contribution in [0.5, 0.6) is 5.75 Å². The van der Waals surface area contributed by atoms with Gasteiger partial charge in [0.05, 0.1) is 0 Å². The highest BCUT2D eigenvalue weighted by molar-refractivity contribution is 5.82. The van der Waals surface area contributed by atoms with E-state index in [1.54, 1.807) is 16.7 Å². The average molecular weight is 661 g/mol. The minimum Gasteiger partial charge on any atom is -0.508 e. The van der Waals surface area contributed by atoms with Crippen molar-refractivity contribution in [1.82, 2.24) is 4.98 Å². The molecule has 0 saturated heterocycles. The summed E-state index contributed by atoms with van der Waals surface area (Å²) in [5, 5.41) is 13.4. The first kappa shape index (κ1) is 36.3. The number of nitrogens with one attached hydrogen (secondary N) is 1. The molecule has 2 heterocycles. The highest BCUT2D eigenvalue weighted by atomic mass is 16.3. The first-order valence-corrected chi connectivity index (χ1v) is 18.9. The van der Waals surface area contributed by atoms with Gasteiger partial charge < -0.3 is 5.11 Å². The number of unbranched alkanes of at least 4 members (excludes halogenated alkanes) is 11. The molecule has 1 atom stereocenters. The monoisotopic (exact) mass is 660 g/mol. The number of hydrogen-bond acceptors (Lipinski definition) is 4. The maximum absolute atomic E-state index is 13.8. The predicted molar refractivity (Wildman–Crippen MR) is 202 cm³/mol. The Bertz CT molecular complexity index is 1620. The Kier molecular flexibility index (Phi) is 13.0. The number of aryl methyl sites for hydroxylation is 1. The third-order valence-corrected chi connectivity index (χ3v) is 10.0. The van der Waals surface area contributed by atoms with E-state index in [9.17, 15) is 9.90 Å². The molecule has 5 heteroatoms. The Labute approximate surface area is 295 Å². The van der Waals surface area contributed by atoms with E-state index in [1.165, 1.54) is 88.2 Å². The Morgan fingerprint density at radius 2 is 1.27 bits per heavy atom. The number of hydrogen-bond donors (Lipinski definition) is 2. The number of aromatic hydroxyl groups is 1. The zero-order valence-corrected chi connectivity index (χ0v) is 30.4. The number of carbonyl (C=O) groups excluding carboxylic acids is 1. The van der Waals surface area contributed by atoms with E-state index in [0.717, 1.165) is 34.6 Å². The first-order valence-electron chi connectivity index (χ1n) is 18.9. The van der Waals surface area contributed by atoms with Gasteiger partial charge in [-0.15, -0.1) is 0 Å². The third kappa shape index (κ3) is 10.5. The molecule has 2 N–H and O–H groups in total. The van der Waals surface area contributed by atoms with Gasteiger partial charge in [0.25, 0.3) is 0 Å². The summed E-state index contributed by atoms with van der Waals surface area (Å²) in [7, 11) is 0. The van der Waals surface area contributed by atoms with Gasteiger partial charge in [0, 0.05) is 18.4 Å². The maximum Gasteiger partial charge on any atom is 0.359 e. The summed E-state index contributed by atoms with van der Waals surface area (Å²) in [4.78, 5) is 18.9. The minimum atomic E-state index is -0.360. The molecule has 1 aromatic heterocycles. The number of fused-ring (bicyclic) bond motifs is 1. The molecule has 1 aliphatic heterocycles. The van der Waals surface area contributed by atoms with E-state index in [0.29, 0.717) is 18.5 Å². The number of nitrogens with zero attached hydrogens (tertiary/aromatic N) is 2. The maximum atomic E-state index is 13.8. The van der Waals surface area contributed by atoms with Crippen molar-refractivity contribution in [2.75, 3.05) is 5.32 Å². The molecule has 0 fully saturated rings. The number of phenols is 1. The summed E-state index contributed by atoms with van der Waals surface area (Å²) in [6.45, 7) is 8.94. The van der Waals surface area contributed by atoms with Crippen molar-refractivity contribution >= 4 is 11.7 Å². The first-order chi connectivity index (χ1) is 23.7. The molecule has 0 aliphatic carbocycles. The molecule has 49 heavy (non-hydrogen) atoms. The topological polar surface area (TPSA) is 66.1 Å². The fourth-order valence-electron chi connectivity index (χ4n) is 6.87. The van der Waals surface area contributed by atoms with Crippen molar-refractivity contribution in [2.24, 2.45) is 0 Å². The summed E-state index contributed by atoms with van der Waals surface area (Å²) in [6.07, 6.45) is 20.6. The van der Waals surface area contributed by atoms with Crippen LogP contribution in [0.3, 0.4) is 0 Å². The van der Waals surface area contributed by atoms with E-state index in [4.69, 9.17) is 4.98 Å². The number of benzene rings is 3. The summed E-state index contributed by atoms with van der Waals surface area (Å²) >= 11 is 0. The van der Waals surface area contributed by atoms with Crippen LogP contribution in [0.1, 0.15) is 137 Å². The lowest BCUT2D eigenvalue weighted by Gasteiger charge is -2.19. The van der Waals surface area contributed by atoms with Gasteiger partial charge in [-0.25, -0.2) is 9.78 Å². The smallest absolute Gasteiger partial charge is 0.359 e. The van der Waals surface area contributed by atoms with Gasteiger partial charge in [0.15, 0.2) is 6.04 Å². The van der Waals surface area contributed by atoms with Crippen molar-refractivity contribution < 1.29 is 14.5 Å². The molecule has 0 amide bonds. The van der Waals surface area contributed by atoms with E-state index >= 15 is 0 Å². The molecule has 5 rings (SSSR count). The molecule has 1 unspecified atom stereocenters. The molecule has 4 aromatic rings. The lowest BCUT2D eigenvalue weighted by Crippen LogP contribution is -2.44. The minimum absolute atomic E-state index is 0.0299. The van der Waals surface area contributed by atoms with Crippen LogP contribution in [-0.2, 0) is 24.7 Å². The summed E-state index contributed by atoms with van der Waals surface area (Å²) in [5.41, 5.74) is 7.45. The van der Waals surface area contributed by atoms with E-state index < -0.39 is 0 Å². The van der Waals surface area contributed by atoms with E-state index in [2.05, 4.69) is 81.5 Å². The van der Waals surface area contributed by atoms with Crippen LogP contribution in [0.25, 0.3) is 11.3 Å². The standard InChI is InChI=1S/C44H57N3O2/c1-5-6-7-8-9-10-11-12-13-14-15-16-17-33-18-20-34(21-19-33)31-40-43(49)47-32-41(36-24-28-38(48)29-25-36)45-39(42(47)46-40)30-35-22-26-37(27-23-35)44(2,3)4/h18-29,32,40,48H,5-17,30-31H2,1-4H3/p+1. The van der Waals surface area contributed by atoms with E-state index in [-0.39, 0.29) is 23.1 Å². The second-order valence-electron chi connectivity index (χ2n) is 15.2.